The average Bonchev–Trinajstić information content (AvgIpc) is 2.93. The van der Waals surface area contributed by atoms with Crippen LogP contribution >= 0.6 is 11.8 Å². The first-order valence-electron chi connectivity index (χ1n) is 12.7. The molecule has 2 N–H and O–H groups in total. The molecule has 1 unspecified atom stereocenters. The Balaban J connectivity index is 1.47. The predicted molar refractivity (Wildman–Crippen MR) is 148 cm³/mol. The number of thioether (sulfide) groups is 1. The van der Waals surface area contributed by atoms with Crippen molar-refractivity contribution in [2.24, 2.45) is 5.92 Å². The molecule has 1 fully saturated rings. The molecule has 1 atom stereocenters. The van der Waals surface area contributed by atoms with Crippen LogP contribution in [-0.2, 0) is 14.3 Å². The van der Waals surface area contributed by atoms with Gasteiger partial charge in [-0.3, -0.25) is 9.59 Å². The van der Waals surface area contributed by atoms with Crippen LogP contribution in [0, 0.1) is 5.92 Å². The summed E-state index contributed by atoms with van der Waals surface area (Å²) < 4.78 is 5.02. The molecular weight excluding hydrogens is 484 g/mol. The SMILES string of the molecule is CCOC(=O)c1ccc(NC(=O)C(Sc2cccc(NC(=O)C3CCCCC3)c2)c2ccccc2)cc1. The highest BCUT2D eigenvalue weighted by atomic mass is 32.2. The van der Waals surface area contributed by atoms with Crippen molar-refractivity contribution in [3.8, 4) is 0 Å². The number of carbonyl (C=O) groups excluding carboxylic acids is 3. The van der Waals surface area contributed by atoms with Crippen molar-refractivity contribution in [2.75, 3.05) is 17.2 Å². The fraction of sp³-hybridized carbons (Fsp3) is 0.300. The van der Waals surface area contributed by atoms with Crippen LogP contribution in [-0.4, -0.2) is 24.4 Å². The Morgan fingerprint density at radius 3 is 2.30 bits per heavy atom. The first-order chi connectivity index (χ1) is 18.0. The number of benzene rings is 3. The zero-order chi connectivity index (χ0) is 26.0. The number of esters is 1. The molecular formula is C30H32N2O4S. The highest BCUT2D eigenvalue weighted by Crippen LogP contribution is 2.37. The van der Waals surface area contributed by atoms with E-state index >= 15 is 0 Å². The molecule has 0 aromatic heterocycles. The van der Waals surface area contributed by atoms with E-state index in [0.29, 0.717) is 17.9 Å². The standard InChI is InChI=1S/C30H32N2O4S/c1-2-36-30(35)23-16-18-24(19-17-23)31-29(34)27(21-10-5-3-6-11-21)37-26-15-9-14-25(20-26)32-28(33)22-12-7-4-8-13-22/h3,5-6,9-11,14-20,22,27H,2,4,7-8,12-13H2,1H3,(H,31,34)(H,32,33). The summed E-state index contributed by atoms with van der Waals surface area (Å²) in [6.45, 7) is 2.06. The molecule has 0 saturated heterocycles. The van der Waals surface area contributed by atoms with Crippen molar-refractivity contribution < 1.29 is 19.1 Å². The van der Waals surface area contributed by atoms with Gasteiger partial charge in [0, 0.05) is 22.2 Å². The number of carbonyl (C=O) groups is 3. The second kappa shape index (κ2) is 13.1. The fourth-order valence-electron chi connectivity index (χ4n) is 4.40. The summed E-state index contributed by atoms with van der Waals surface area (Å²) in [5, 5.41) is 5.52. The van der Waals surface area contributed by atoms with Crippen molar-refractivity contribution in [1.29, 1.82) is 0 Å². The quantitative estimate of drug-likeness (QED) is 0.240. The second-order valence-electron chi connectivity index (χ2n) is 9.05. The minimum absolute atomic E-state index is 0.0723. The number of amides is 2. The van der Waals surface area contributed by atoms with Gasteiger partial charge in [-0.25, -0.2) is 4.79 Å². The van der Waals surface area contributed by atoms with Gasteiger partial charge in [0.15, 0.2) is 0 Å². The van der Waals surface area contributed by atoms with Gasteiger partial charge in [0.1, 0.15) is 5.25 Å². The molecule has 7 heteroatoms. The predicted octanol–water partition coefficient (Wildman–Crippen LogP) is 6.85. The number of hydrogen-bond acceptors (Lipinski definition) is 5. The third-order valence-corrected chi connectivity index (χ3v) is 7.58. The Labute approximate surface area is 222 Å². The van der Waals surface area contributed by atoms with E-state index in [1.54, 1.807) is 31.2 Å². The van der Waals surface area contributed by atoms with Gasteiger partial charge < -0.3 is 15.4 Å². The third kappa shape index (κ3) is 7.46. The van der Waals surface area contributed by atoms with Crippen LogP contribution in [0.15, 0.2) is 83.8 Å². The number of rotatable bonds is 9. The van der Waals surface area contributed by atoms with Crippen LogP contribution in [0.4, 0.5) is 11.4 Å². The van der Waals surface area contributed by atoms with Gasteiger partial charge in [-0.2, -0.15) is 0 Å². The lowest BCUT2D eigenvalue weighted by molar-refractivity contribution is -0.120. The van der Waals surface area contributed by atoms with E-state index in [1.165, 1.54) is 18.2 Å². The largest absolute Gasteiger partial charge is 0.462 e. The Morgan fingerprint density at radius 1 is 0.865 bits per heavy atom. The summed E-state index contributed by atoms with van der Waals surface area (Å²) in [7, 11) is 0. The third-order valence-electron chi connectivity index (χ3n) is 6.34. The number of anilines is 2. The van der Waals surface area contributed by atoms with E-state index in [2.05, 4.69) is 10.6 Å². The molecule has 1 aliphatic rings. The summed E-state index contributed by atoms with van der Waals surface area (Å²) in [5.74, 6) is -0.432. The molecule has 0 aliphatic heterocycles. The highest BCUT2D eigenvalue weighted by molar-refractivity contribution is 8.00. The van der Waals surface area contributed by atoms with Crippen molar-refractivity contribution in [1.82, 2.24) is 0 Å². The Bertz CT molecular complexity index is 1210. The topological polar surface area (TPSA) is 84.5 Å². The first kappa shape index (κ1) is 26.5. The zero-order valence-corrected chi connectivity index (χ0v) is 21.8. The average molecular weight is 517 g/mol. The van der Waals surface area contributed by atoms with Crippen LogP contribution < -0.4 is 10.6 Å². The Kier molecular flexibility index (Phi) is 9.38. The molecule has 6 nitrogen and oxygen atoms in total. The number of ether oxygens (including phenoxy) is 1. The summed E-state index contributed by atoms with van der Waals surface area (Å²) in [4.78, 5) is 38.9. The normalized spacial score (nSPS) is 14.4. The van der Waals surface area contributed by atoms with E-state index in [9.17, 15) is 14.4 Å². The first-order valence-corrected chi connectivity index (χ1v) is 13.6. The van der Waals surface area contributed by atoms with Crippen molar-refractivity contribution in [3.05, 3.63) is 90.0 Å². The van der Waals surface area contributed by atoms with Crippen molar-refractivity contribution >= 4 is 40.9 Å². The molecule has 1 saturated carbocycles. The molecule has 3 aromatic carbocycles. The number of hydrogen-bond donors (Lipinski definition) is 2. The molecule has 3 aromatic rings. The summed E-state index contributed by atoms with van der Waals surface area (Å²) in [5.41, 5.74) is 2.63. The molecule has 37 heavy (non-hydrogen) atoms. The summed E-state index contributed by atoms with van der Waals surface area (Å²) in [6, 6.07) is 23.9. The maximum absolute atomic E-state index is 13.4. The lowest BCUT2D eigenvalue weighted by Crippen LogP contribution is -2.24. The molecule has 0 spiro atoms. The molecule has 4 rings (SSSR count). The molecule has 0 heterocycles. The maximum Gasteiger partial charge on any atom is 0.338 e. The minimum Gasteiger partial charge on any atom is -0.462 e. The van der Waals surface area contributed by atoms with Gasteiger partial charge in [-0.05, 0) is 67.8 Å². The van der Waals surface area contributed by atoms with Crippen LogP contribution in [0.2, 0.25) is 0 Å². The fourth-order valence-corrected chi connectivity index (χ4v) is 5.49. The molecule has 192 valence electrons. The van der Waals surface area contributed by atoms with Gasteiger partial charge >= 0.3 is 5.97 Å². The lowest BCUT2D eigenvalue weighted by Gasteiger charge is -2.21. The Morgan fingerprint density at radius 2 is 1.59 bits per heavy atom. The summed E-state index contributed by atoms with van der Waals surface area (Å²) >= 11 is 1.42. The van der Waals surface area contributed by atoms with Gasteiger partial charge in [0.05, 0.1) is 12.2 Å². The van der Waals surface area contributed by atoms with E-state index in [4.69, 9.17) is 4.74 Å². The van der Waals surface area contributed by atoms with Crippen molar-refractivity contribution in [2.45, 2.75) is 49.2 Å². The van der Waals surface area contributed by atoms with Gasteiger partial charge in [-0.1, -0.05) is 55.7 Å². The second-order valence-corrected chi connectivity index (χ2v) is 10.2. The van der Waals surface area contributed by atoms with Gasteiger partial charge in [-0.15, -0.1) is 11.8 Å². The smallest absolute Gasteiger partial charge is 0.338 e. The van der Waals surface area contributed by atoms with E-state index in [-0.39, 0.29) is 17.7 Å². The lowest BCUT2D eigenvalue weighted by atomic mass is 9.88. The Hall–Kier alpha value is -3.58. The van der Waals surface area contributed by atoms with E-state index in [0.717, 1.165) is 41.8 Å². The van der Waals surface area contributed by atoms with Crippen molar-refractivity contribution in [3.63, 3.8) is 0 Å². The minimum atomic E-state index is -0.518. The van der Waals surface area contributed by atoms with E-state index in [1.807, 2.05) is 54.6 Å². The molecule has 1 aliphatic carbocycles. The van der Waals surface area contributed by atoms with Gasteiger partial charge in [0.2, 0.25) is 11.8 Å². The molecule has 0 bridgehead atoms. The van der Waals surface area contributed by atoms with E-state index < -0.39 is 11.2 Å². The number of nitrogens with one attached hydrogen (secondary N) is 2. The molecule has 0 radical (unpaired) electrons. The van der Waals surface area contributed by atoms with Crippen LogP contribution in [0.1, 0.15) is 60.2 Å². The maximum atomic E-state index is 13.4. The van der Waals surface area contributed by atoms with Crippen LogP contribution in [0.3, 0.4) is 0 Å². The van der Waals surface area contributed by atoms with Crippen LogP contribution in [0.5, 0.6) is 0 Å². The monoisotopic (exact) mass is 516 g/mol. The van der Waals surface area contributed by atoms with Crippen LogP contribution in [0.25, 0.3) is 0 Å². The summed E-state index contributed by atoms with van der Waals surface area (Å²) in [6.07, 6.45) is 5.30. The zero-order valence-electron chi connectivity index (χ0n) is 20.9. The van der Waals surface area contributed by atoms with Gasteiger partial charge in [0.25, 0.3) is 0 Å². The molecule has 2 amide bonds. The highest BCUT2D eigenvalue weighted by Gasteiger charge is 2.24.